The SMILES string of the molecule is Cc1c(-c2ccc(-c3cnc([C@@H](N[C@@H](C(=O)OC(N)=O)C(C)C)C(C)C)[nH]3)cc2)ccc(-c2cnc([C@@H](N[C@@H](C(=O)OC(N)=O)C(C)C)C(C)C)[nH]2)c1C. The minimum atomic E-state index is -1.14. The fraction of sp³-hybridized carbons (Fsp3) is 0.450. The van der Waals surface area contributed by atoms with Gasteiger partial charge in [0.05, 0.1) is 35.9 Å². The number of rotatable bonds is 15. The van der Waals surface area contributed by atoms with Gasteiger partial charge in [-0.05, 0) is 65.3 Å². The Labute approximate surface area is 316 Å². The number of carbonyl (C=O) groups is 4. The van der Waals surface area contributed by atoms with Crippen LogP contribution in [0.1, 0.15) is 90.2 Å². The van der Waals surface area contributed by atoms with Gasteiger partial charge >= 0.3 is 24.1 Å². The molecule has 0 aliphatic rings. The molecule has 14 heteroatoms. The van der Waals surface area contributed by atoms with Gasteiger partial charge < -0.3 is 30.9 Å². The van der Waals surface area contributed by atoms with Crippen molar-refractivity contribution in [2.45, 2.75) is 93.4 Å². The molecule has 0 saturated carbocycles. The Bertz CT molecular complexity index is 1950. The van der Waals surface area contributed by atoms with E-state index in [0.717, 1.165) is 44.8 Å². The van der Waals surface area contributed by atoms with Crippen LogP contribution >= 0.6 is 0 Å². The number of H-pyrrole nitrogens is 2. The summed E-state index contributed by atoms with van der Waals surface area (Å²) in [5, 5.41) is 6.64. The van der Waals surface area contributed by atoms with Gasteiger partial charge in [-0.2, -0.15) is 0 Å². The Hall–Kier alpha value is -5.34. The third kappa shape index (κ3) is 9.79. The van der Waals surface area contributed by atoms with Crippen LogP contribution in [0.15, 0.2) is 48.8 Å². The molecule has 0 fully saturated rings. The number of carbonyl (C=O) groups excluding carboxylic acids is 4. The lowest BCUT2D eigenvalue weighted by Crippen LogP contribution is -2.46. The first-order valence-corrected chi connectivity index (χ1v) is 18.2. The summed E-state index contributed by atoms with van der Waals surface area (Å²) in [6.45, 7) is 19.7. The zero-order valence-electron chi connectivity index (χ0n) is 32.7. The van der Waals surface area contributed by atoms with E-state index in [4.69, 9.17) is 16.2 Å². The Balaban J connectivity index is 1.54. The molecule has 0 aliphatic heterocycles. The smallest absolute Gasteiger partial charge is 0.375 e. The van der Waals surface area contributed by atoms with E-state index < -0.39 is 36.2 Å². The summed E-state index contributed by atoms with van der Waals surface area (Å²) in [6.07, 6.45) is 1.29. The van der Waals surface area contributed by atoms with Crippen molar-refractivity contribution in [2.75, 3.05) is 0 Å². The standard InChI is InChI=1S/C40H54N8O6/c1-19(2)31(47-33(21(5)6)37(49)53-39(41)51)35-43-17-29(45-35)26-13-11-25(12-14-26)27-15-16-28(24(10)23(27)9)30-18-44-36(46-30)32(20(3)4)48-34(22(7)8)38(50)54-40(42)52/h11-22,31-34,47-48H,1-10H3,(H2,41,51)(H2,42,52)(H,43,45)(H,44,46)/t31-,32-,33+,34+/m0/s1. The minimum absolute atomic E-state index is 0.0546. The Morgan fingerprint density at radius 3 is 1.39 bits per heavy atom. The number of hydrogen-bond donors (Lipinski definition) is 6. The predicted molar refractivity (Wildman–Crippen MR) is 207 cm³/mol. The summed E-state index contributed by atoms with van der Waals surface area (Å²) in [5.74, 6) is -0.342. The van der Waals surface area contributed by atoms with Crippen molar-refractivity contribution in [3.05, 3.63) is 71.6 Å². The summed E-state index contributed by atoms with van der Waals surface area (Å²) in [6, 6.07) is 10.2. The first kappa shape index (κ1) is 41.4. The largest absolute Gasteiger partial charge is 0.412 e. The number of amides is 2. The zero-order chi connectivity index (χ0) is 40.0. The average Bonchev–Trinajstić information content (AvgIpc) is 3.76. The van der Waals surface area contributed by atoms with Crippen LogP contribution in [-0.2, 0) is 19.1 Å². The van der Waals surface area contributed by atoms with E-state index in [1.54, 1.807) is 12.4 Å². The topological polar surface area (TPSA) is 220 Å². The maximum atomic E-state index is 12.6. The molecule has 290 valence electrons. The quantitative estimate of drug-likeness (QED) is 0.0565. The second-order valence-electron chi connectivity index (χ2n) is 15.1. The highest BCUT2D eigenvalue weighted by molar-refractivity contribution is 5.88. The molecule has 0 radical (unpaired) electrons. The van der Waals surface area contributed by atoms with E-state index in [-0.39, 0.29) is 35.8 Å². The second kappa shape index (κ2) is 17.7. The molecule has 0 bridgehead atoms. The highest BCUT2D eigenvalue weighted by Gasteiger charge is 2.32. The van der Waals surface area contributed by atoms with Gasteiger partial charge in [0.25, 0.3) is 0 Å². The van der Waals surface area contributed by atoms with Crippen LogP contribution in [0.4, 0.5) is 9.59 Å². The lowest BCUT2D eigenvalue weighted by Gasteiger charge is -2.27. The summed E-state index contributed by atoms with van der Waals surface area (Å²) in [4.78, 5) is 63.9. The van der Waals surface area contributed by atoms with Crippen LogP contribution < -0.4 is 22.1 Å². The van der Waals surface area contributed by atoms with Crippen LogP contribution in [-0.4, -0.2) is 56.1 Å². The maximum Gasteiger partial charge on any atom is 0.412 e. The van der Waals surface area contributed by atoms with Gasteiger partial charge in [-0.3, -0.25) is 10.6 Å². The van der Waals surface area contributed by atoms with Crippen molar-refractivity contribution < 1.29 is 28.7 Å². The van der Waals surface area contributed by atoms with E-state index in [1.165, 1.54) is 0 Å². The molecule has 4 atom stereocenters. The van der Waals surface area contributed by atoms with Gasteiger partial charge in [-0.15, -0.1) is 0 Å². The van der Waals surface area contributed by atoms with Crippen LogP contribution in [0.5, 0.6) is 0 Å². The summed E-state index contributed by atoms with van der Waals surface area (Å²) < 4.78 is 9.38. The Morgan fingerprint density at radius 2 is 0.963 bits per heavy atom. The number of imidazole rings is 2. The van der Waals surface area contributed by atoms with Gasteiger partial charge in [-0.25, -0.2) is 29.1 Å². The summed E-state index contributed by atoms with van der Waals surface area (Å²) >= 11 is 0. The number of hydrogen-bond acceptors (Lipinski definition) is 10. The lowest BCUT2D eigenvalue weighted by atomic mass is 9.92. The maximum absolute atomic E-state index is 12.6. The lowest BCUT2D eigenvalue weighted by molar-refractivity contribution is -0.142. The molecule has 4 aromatic rings. The third-order valence-corrected chi connectivity index (χ3v) is 9.66. The molecule has 0 saturated heterocycles. The van der Waals surface area contributed by atoms with Gasteiger partial charge in [0.2, 0.25) is 0 Å². The van der Waals surface area contributed by atoms with Gasteiger partial charge in [0, 0.05) is 5.56 Å². The van der Waals surface area contributed by atoms with Crippen molar-refractivity contribution in [3.8, 4) is 33.6 Å². The van der Waals surface area contributed by atoms with Crippen molar-refractivity contribution >= 4 is 24.1 Å². The molecule has 0 spiro atoms. The van der Waals surface area contributed by atoms with Crippen LogP contribution in [0.3, 0.4) is 0 Å². The fourth-order valence-corrected chi connectivity index (χ4v) is 6.48. The highest BCUT2D eigenvalue weighted by atomic mass is 16.6. The molecule has 8 N–H and O–H groups in total. The van der Waals surface area contributed by atoms with E-state index in [0.29, 0.717) is 11.6 Å². The van der Waals surface area contributed by atoms with Gasteiger partial charge in [-0.1, -0.05) is 91.8 Å². The van der Waals surface area contributed by atoms with Crippen LogP contribution in [0.25, 0.3) is 33.6 Å². The van der Waals surface area contributed by atoms with Crippen molar-refractivity contribution in [2.24, 2.45) is 35.1 Å². The van der Waals surface area contributed by atoms with E-state index in [1.807, 2.05) is 67.5 Å². The average molecular weight is 743 g/mol. The fourth-order valence-electron chi connectivity index (χ4n) is 6.48. The van der Waals surface area contributed by atoms with Crippen LogP contribution in [0, 0.1) is 37.5 Å². The number of benzene rings is 2. The number of primary amides is 2. The molecule has 0 aliphatic carbocycles. The number of nitrogens with two attached hydrogens (primary N) is 2. The van der Waals surface area contributed by atoms with Crippen molar-refractivity contribution in [3.63, 3.8) is 0 Å². The molecule has 4 rings (SSSR count). The number of ether oxygens (including phenoxy) is 2. The zero-order valence-corrected chi connectivity index (χ0v) is 32.7. The number of nitrogens with zero attached hydrogens (tertiary/aromatic N) is 2. The number of aromatic nitrogens is 4. The minimum Gasteiger partial charge on any atom is -0.375 e. The monoisotopic (exact) mass is 742 g/mol. The van der Waals surface area contributed by atoms with E-state index in [9.17, 15) is 19.2 Å². The van der Waals surface area contributed by atoms with E-state index in [2.05, 4.69) is 73.4 Å². The number of nitrogens with one attached hydrogen (secondary N) is 4. The third-order valence-electron chi connectivity index (χ3n) is 9.66. The molecule has 54 heavy (non-hydrogen) atoms. The molecule has 2 amide bonds. The van der Waals surface area contributed by atoms with Gasteiger partial charge in [0.15, 0.2) is 0 Å². The van der Waals surface area contributed by atoms with Crippen molar-refractivity contribution in [1.82, 2.24) is 30.6 Å². The Morgan fingerprint density at radius 1 is 0.574 bits per heavy atom. The van der Waals surface area contributed by atoms with Crippen LogP contribution in [0.2, 0.25) is 0 Å². The highest BCUT2D eigenvalue weighted by Crippen LogP contribution is 2.34. The number of esters is 2. The normalized spacial score (nSPS) is 14.0. The molecular formula is C40H54N8O6. The second-order valence-corrected chi connectivity index (χ2v) is 15.1. The summed E-state index contributed by atoms with van der Waals surface area (Å²) in [7, 11) is 0. The summed E-state index contributed by atoms with van der Waals surface area (Å²) in [5.41, 5.74) is 18.2. The number of aromatic amines is 2. The first-order valence-electron chi connectivity index (χ1n) is 18.2. The van der Waals surface area contributed by atoms with E-state index >= 15 is 0 Å². The first-order chi connectivity index (χ1) is 25.4. The molecule has 2 aromatic carbocycles. The van der Waals surface area contributed by atoms with Crippen molar-refractivity contribution in [1.29, 1.82) is 0 Å². The Kier molecular flexibility index (Phi) is 13.5. The molecule has 2 heterocycles. The molecule has 0 unspecified atom stereocenters. The molecular weight excluding hydrogens is 688 g/mol. The molecule has 2 aromatic heterocycles. The van der Waals surface area contributed by atoms with Gasteiger partial charge in [0.1, 0.15) is 23.7 Å². The predicted octanol–water partition coefficient (Wildman–Crippen LogP) is 6.62. The molecule has 14 nitrogen and oxygen atoms in total.